The van der Waals surface area contributed by atoms with Gasteiger partial charge in [-0.1, -0.05) is 56.0 Å². The molecule has 0 heterocycles. The molecule has 0 saturated heterocycles. The van der Waals surface area contributed by atoms with Crippen molar-refractivity contribution < 1.29 is 4.79 Å². The number of unbranched alkanes of at least 4 members (excludes halogenated alkanes) is 5. The van der Waals surface area contributed by atoms with E-state index in [2.05, 4.69) is 35.6 Å². The summed E-state index contributed by atoms with van der Waals surface area (Å²) in [5.41, 5.74) is 1.44. The third kappa shape index (κ3) is 7.56. The highest BCUT2D eigenvalue weighted by atomic mass is 16.1. The Morgan fingerprint density at radius 2 is 1.53 bits per heavy atom. The number of rotatable bonds is 10. The molecule has 0 bridgehead atoms. The van der Waals surface area contributed by atoms with E-state index in [1.807, 2.05) is 0 Å². The average Bonchev–Trinajstić information content (AvgIpc) is 2.38. The maximum Gasteiger partial charge on any atom is 0.309 e. The van der Waals surface area contributed by atoms with Gasteiger partial charge >= 0.3 is 6.41 Å². The molecule has 1 amide bonds. The van der Waals surface area contributed by atoms with E-state index >= 15 is 0 Å². The first kappa shape index (κ1) is 13.8. The minimum atomic E-state index is 0.771. The SMILES string of the molecule is O=[C]NCCCCCCCCc1ccccc1. The predicted octanol–water partition coefficient (Wildman–Crippen LogP) is 3.23. The van der Waals surface area contributed by atoms with Crippen LogP contribution in [-0.2, 0) is 11.2 Å². The molecule has 0 fully saturated rings. The zero-order valence-corrected chi connectivity index (χ0v) is 10.5. The van der Waals surface area contributed by atoms with Crippen LogP contribution in [0.1, 0.15) is 44.1 Å². The zero-order chi connectivity index (χ0) is 12.2. The molecule has 0 aliphatic heterocycles. The highest BCUT2D eigenvalue weighted by Crippen LogP contribution is 2.09. The second-order valence-corrected chi connectivity index (χ2v) is 4.39. The van der Waals surface area contributed by atoms with Gasteiger partial charge in [-0.3, -0.25) is 4.79 Å². The number of aryl methyl sites for hydroxylation is 1. The van der Waals surface area contributed by atoms with Crippen LogP contribution in [0.2, 0.25) is 0 Å². The van der Waals surface area contributed by atoms with Gasteiger partial charge in [0.1, 0.15) is 0 Å². The van der Waals surface area contributed by atoms with Crippen molar-refractivity contribution in [2.75, 3.05) is 6.54 Å². The van der Waals surface area contributed by atoms with Crippen molar-refractivity contribution >= 4 is 6.41 Å². The number of carbonyl (C=O) groups excluding carboxylic acids is 1. The molecular weight excluding hydrogens is 210 g/mol. The zero-order valence-electron chi connectivity index (χ0n) is 10.5. The van der Waals surface area contributed by atoms with Crippen LogP contribution in [0.3, 0.4) is 0 Å². The van der Waals surface area contributed by atoms with E-state index in [-0.39, 0.29) is 0 Å². The molecule has 93 valence electrons. The van der Waals surface area contributed by atoms with Crippen molar-refractivity contribution in [1.82, 2.24) is 5.32 Å². The van der Waals surface area contributed by atoms with Gasteiger partial charge in [0.05, 0.1) is 0 Å². The fourth-order valence-corrected chi connectivity index (χ4v) is 1.95. The van der Waals surface area contributed by atoms with Crippen LogP contribution in [0, 0.1) is 0 Å². The summed E-state index contributed by atoms with van der Waals surface area (Å²) in [6, 6.07) is 10.7. The van der Waals surface area contributed by atoms with Gasteiger partial charge in [0.25, 0.3) is 0 Å². The molecule has 2 nitrogen and oxygen atoms in total. The Labute approximate surface area is 104 Å². The van der Waals surface area contributed by atoms with Crippen molar-refractivity contribution in [3.05, 3.63) is 35.9 Å². The Balaban J connectivity index is 1.86. The van der Waals surface area contributed by atoms with E-state index in [1.165, 1.54) is 44.1 Å². The van der Waals surface area contributed by atoms with Gasteiger partial charge < -0.3 is 5.32 Å². The minimum absolute atomic E-state index is 0.771. The van der Waals surface area contributed by atoms with E-state index in [4.69, 9.17) is 0 Å². The van der Waals surface area contributed by atoms with Crippen LogP contribution in [-0.4, -0.2) is 13.0 Å². The average molecular weight is 232 g/mol. The van der Waals surface area contributed by atoms with Gasteiger partial charge in [-0.25, -0.2) is 0 Å². The van der Waals surface area contributed by atoms with Gasteiger partial charge in [-0.15, -0.1) is 0 Å². The predicted molar refractivity (Wildman–Crippen MR) is 71.5 cm³/mol. The molecule has 1 N–H and O–H groups in total. The maximum absolute atomic E-state index is 9.88. The fraction of sp³-hybridized carbons (Fsp3) is 0.533. The Morgan fingerprint density at radius 1 is 0.882 bits per heavy atom. The largest absolute Gasteiger partial charge is 0.348 e. The topological polar surface area (TPSA) is 29.1 Å². The molecule has 0 atom stereocenters. The normalized spacial score (nSPS) is 10.1. The molecule has 1 aromatic rings. The molecular formula is C15H22NO. The van der Waals surface area contributed by atoms with Crippen molar-refractivity contribution in [2.24, 2.45) is 0 Å². The van der Waals surface area contributed by atoms with Crippen molar-refractivity contribution in [3.8, 4) is 0 Å². The van der Waals surface area contributed by atoms with Gasteiger partial charge in [0.2, 0.25) is 0 Å². The number of nitrogens with one attached hydrogen (secondary N) is 1. The number of hydrogen-bond donors (Lipinski definition) is 1. The number of hydrogen-bond acceptors (Lipinski definition) is 1. The van der Waals surface area contributed by atoms with E-state index < -0.39 is 0 Å². The van der Waals surface area contributed by atoms with Crippen molar-refractivity contribution in [2.45, 2.75) is 44.9 Å². The van der Waals surface area contributed by atoms with Crippen LogP contribution in [0.15, 0.2) is 30.3 Å². The summed E-state index contributed by atoms with van der Waals surface area (Å²) in [6.07, 6.45) is 10.3. The van der Waals surface area contributed by atoms with E-state index in [9.17, 15) is 4.79 Å². The van der Waals surface area contributed by atoms with Crippen LogP contribution >= 0.6 is 0 Å². The fourth-order valence-electron chi connectivity index (χ4n) is 1.95. The summed E-state index contributed by atoms with van der Waals surface area (Å²) in [5, 5.41) is 2.57. The molecule has 0 aromatic heterocycles. The van der Waals surface area contributed by atoms with Crippen LogP contribution < -0.4 is 5.32 Å². The summed E-state index contributed by atoms with van der Waals surface area (Å²) in [6.45, 7) is 0.771. The first-order valence-electron chi connectivity index (χ1n) is 6.57. The summed E-state index contributed by atoms with van der Waals surface area (Å²) in [4.78, 5) is 9.88. The lowest BCUT2D eigenvalue weighted by atomic mass is 10.1. The molecule has 0 aliphatic carbocycles. The summed E-state index contributed by atoms with van der Waals surface area (Å²) < 4.78 is 0. The second-order valence-electron chi connectivity index (χ2n) is 4.39. The van der Waals surface area contributed by atoms with Crippen LogP contribution in [0.4, 0.5) is 0 Å². The van der Waals surface area contributed by atoms with E-state index in [0.717, 1.165) is 13.0 Å². The third-order valence-corrected chi connectivity index (χ3v) is 2.93. The molecule has 1 rings (SSSR count). The number of benzene rings is 1. The Morgan fingerprint density at radius 3 is 2.24 bits per heavy atom. The molecule has 0 unspecified atom stereocenters. The van der Waals surface area contributed by atoms with Crippen LogP contribution in [0.5, 0.6) is 0 Å². The molecule has 2 heteroatoms. The summed E-state index contributed by atoms with van der Waals surface area (Å²) in [5.74, 6) is 0. The molecule has 1 radical (unpaired) electrons. The van der Waals surface area contributed by atoms with Gasteiger partial charge in [0.15, 0.2) is 0 Å². The van der Waals surface area contributed by atoms with Crippen molar-refractivity contribution in [1.29, 1.82) is 0 Å². The van der Waals surface area contributed by atoms with E-state index in [0.29, 0.717) is 0 Å². The highest BCUT2D eigenvalue weighted by Gasteiger charge is 1.93. The highest BCUT2D eigenvalue weighted by molar-refractivity contribution is 5.46. The third-order valence-electron chi connectivity index (χ3n) is 2.93. The Hall–Kier alpha value is -1.31. The first-order valence-corrected chi connectivity index (χ1v) is 6.57. The smallest absolute Gasteiger partial charge is 0.309 e. The summed E-state index contributed by atoms with van der Waals surface area (Å²) in [7, 11) is 0. The standard InChI is InChI=1S/C15H22NO/c17-14-16-13-9-4-2-1-3-6-10-15-11-7-5-8-12-15/h5,7-8,11-12H,1-4,6,9-10,13H2,(H,16,17). The molecule has 0 aliphatic rings. The van der Waals surface area contributed by atoms with Gasteiger partial charge in [-0.05, 0) is 24.8 Å². The quantitative estimate of drug-likeness (QED) is 0.487. The number of amides is 1. The first-order chi connectivity index (χ1) is 8.43. The van der Waals surface area contributed by atoms with Crippen molar-refractivity contribution in [3.63, 3.8) is 0 Å². The Bertz CT molecular complexity index is 284. The molecule has 17 heavy (non-hydrogen) atoms. The van der Waals surface area contributed by atoms with Gasteiger partial charge in [-0.2, -0.15) is 0 Å². The van der Waals surface area contributed by atoms with Crippen LogP contribution in [0.25, 0.3) is 0 Å². The lowest BCUT2D eigenvalue weighted by Gasteiger charge is -2.02. The van der Waals surface area contributed by atoms with E-state index in [1.54, 1.807) is 6.41 Å². The maximum atomic E-state index is 9.88. The minimum Gasteiger partial charge on any atom is -0.348 e. The lowest BCUT2D eigenvalue weighted by molar-refractivity contribution is 0.534. The molecule has 0 spiro atoms. The monoisotopic (exact) mass is 232 g/mol. The van der Waals surface area contributed by atoms with Gasteiger partial charge in [0, 0.05) is 6.54 Å². The molecule has 0 saturated carbocycles. The molecule has 1 aromatic carbocycles. The Kier molecular flexibility index (Phi) is 8.00. The summed E-state index contributed by atoms with van der Waals surface area (Å²) >= 11 is 0. The second kappa shape index (κ2) is 9.88. The lowest BCUT2D eigenvalue weighted by Crippen LogP contribution is -2.11.